The van der Waals surface area contributed by atoms with Gasteiger partial charge in [-0.3, -0.25) is 39.1 Å². The maximum atomic E-state index is 15.0. The van der Waals surface area contributed by atoms with Crippen LogP contribution in [-0.2, 0) is 14.4 Å². The lowest BCUT2D eigenvalue weighted by molar-refractivity contribution is -0.136. The first-order valence-corrected chi connectivity index (χ1v) is 21.3. The Morgan fingerprint density at radius 3 is 2.34 bits per heavy atom. The number of piperidine rings is 4. The van der Waals surface area contributed by atoms with E-state index in [2.05, 4.69) is 25.4 Å². The van der Waals surface area contributed by atoms with Crippen molar-refractivity contribution in [3.05, 3.63) is 52.8 Å². The summed E-state index contributed by atoms with van der Waals surface area (Å²) in [6.45, 7) is 6.44. The number of likely N-dealkylation sites (N-methyl/N-ethyl adjacent to an activating group) is 1. The fraction of sp³-hybridized carbons (Fsp3) is 0.548. The number of amidine groups is 1. The van der Waals surface area contributed by atoms with Crippen molar-refractivity contribution >= 4 is 65.7 Å². The molecule has 312 valence electrons. The first-order valence-electron chi connectivity index (χ1n) is 20.2. The molecule has 0 aliphatic carbocycles. The van der Waals surface area contributed by atoms with E-state index in [9.17, 15) is 33.2 Å². The van der Waals surface area contributed by atoms with Crippen molar-refractivity contribution in [2.45, 2.75) is 62.7 Å². The van der Waals surface area contributed by atoms with Gasteiger partial charge in [-0.2, -0.15) is 11.8 Å². The molecule has 4 aliphatic heterocycles. The van der Waals surface area contributed by atoms with Crippen molar-refractivity contribution in [3.63, 3.8) is 0 Å². The summed E-state index contributed by atoms with van der Waals surface area (Å²) in [6.07, 6.45) is 8.16. The summed E-state index contributed by atoms with van der Waals surface area (Å²) in [5.74, 6) is 0.452. The van der Waals surface area contributed by atoms with Crippen molar-refractivity contribution < 1.29 is 37.9 Å². The zero-order valence-electron chi connectivity index (χ0n) is 33.3. The summed E-state index contributed by atoms with van der Waals surface area (Å²) in [6, 6.07) is 7.40. The van der Waals surface area contributed by atoms with Crippen LogP contribution in [0.25, 0.3) is 0 Å². The zero-order chi connectivity index (χ0) is 41.2. The van der Waals surface area contributed by atoms with Crippen LogP contribution in [0.15, 0.2) is 35.3 Å². The number of carbonyl (C=O) groups excluding carboxylic acids is 6. The van der Waals surface area contributed by atoms with Gasteiger partial charge >= 0.3 is 0 Å². The molecule has 0 spiro atoms. The molecule has 0 aromatic heterocycles. The number of imide groups is 1. The Morgan fingerprint density at radius 2 is 1.69 bits per heavy atom. The fourth-order valence-corrected chi connectivity index (χ4v) is 9.40. The van der Waals surface area contributed by atoms with E-state index in [4.69, 9.17) is 4.74 Å². The Hall–Kier alpha value is -4.83. The van der Waals surface area contributed by atoms with Gasteiger partial charge in [0.2, 0.25) is 18.2 Å². The van der Waals surface area contributed by atoms with E-state index < -0.39 is 23.7 Å². The fourth-order valence-electron chi connectivity index (χ4n) is 8.26. The number of nitrogens with one attached hydrogen (secondary N) is 2. The number of rotatable bonds is 15. The molecule has 0 radical (unpaired) electrons. The third-order valence-electron chi connectivity index (χ3n) is 11.9. The van der Waals surface area contributed by atoms with E-state index in [1.54, 1.807) is 30.1 Å². The lowest BCUT2D eigenvalue weighted by Gasteiger charge is -2.38. The summed E-state index contributed by atoms with van der Waals surface area (Å²) in [5.41, 5.74) is 1.63. The molecular formula is C42H54FN7O7S. The number of benzene rings is 2. The largest absolute Gasteiger partial charge is 0.493 e. The van der Waals surface area contributed by atoms with Crippen LogP contribution in [0.5, 0.6) is 5.75 Å². The molecule has 2 N–H and O–H groups in total. The van der Waals surface area contributed by atoms with Crippen LogP contribution in [0.2, 0.25) is 0 Å². The van der Waals surface area contributed by atoms with Gasteiger partial charge in [0.1, 0.15) is 23.4 Å². The summed E-state index contributed by atoms with van der Waals surface area (Å²) in [7, 11) is 3.21. The first kappa shape index (κ1) is 42.8. The second kappa shape index (κ2) is 20.2. The molecule has 14 nitrogen and oxygen atoms in total. The van der Waals surface area contributed by atoms with E-state index in [1.807, 2.05) is 17.8 Å². The second-order valence-corrected chi connectivity index (χ2v) is 17.0. The van der Waals surface area contributed by atoms with Crippen molar-refractivity contribution in [1.29, 1.82) is 0 Å². The van der Waals surface area contributed by atoms with Crippen LogP contribution < -0.4 is 20.3 Å². The number of aliphatic imine (C=N–C) groups is 1. The Labute approximate surface area is 343 Å². The number of carbonyl (C=O) groups is 6. The minimum Gasteiger partial charge on any atom is -0.493 e. The summed E-state index contributed by atoms with van der Waals surface area (Å²) < 4.78 is 20.9. The molecule has 4 heterocycles. The summed E-state index contributed by atoms with van der Waals surface area (Å²) >= 11 is 1.81. The van der Waals surface area contributed by atoms with Crippen molar-refractivity contribution in [1.82, 2.24) is 20.0 Å². The maximum absolute atomic E-state index is 15.0. The number of likely N-dealkylation sites (tertiary alicyclic amines) is 2. The quantitative estimate of drug-likeness (QED) is 0.115. The van der Waals surface area contributed by atoms with Gasteiger partial charge in [0.15, 0.2) is 12.6 Å². The average Bonchev–Trinajstić information content (AvgIpc) is 3.24. The van der Waals surface area contributed by atoms with E-state index in [-0.39, 0.29) is 41.4 Å². The molecule has 0 saturated carbocycles. The summed E-state index contributed by atoms with van der Waals surface area (Å²) in [4.78, 5) is 84.5. The average molecular weight is 820 g/mol. The van der Waals surface area contributed by atoms with Crippen LogP contribution in [0, 0.1) is 17.7 Å². The SMILES string of the molecule is CN=C(CSC1CCN(CC2CCN(c3ccc(C=O)c(C(=O)N(C)C4CCC(=O)NC4=O)c3)CC2)CC1)Nc1cc(OCC2CCN(C=O)CC2)cc(F)c1C=O. The highest BCUT2D eigenvalue weighted by Crippen LogP contribution is 2.31. The van der Waals surface area contributed by atoms with Gasteiger partial charge in [-0.25, -0.2) is 4.39 Å². The molecular weight excluding hydrogens is 766 g/mol. The molecule has 16 heteroatoms. The first-order chi connectivity index (χ1) is 28.1. The minimum absolute atomic E-state index is 0.0672. The Balaban J connectivity index is 0.938. The number of halogens is 1. The van der Waals surface area contributed by atoms with Gasteiger partial charge in [-0.05, 0) is 88.1 Å². The topological polar surface area (TPSA) is 161 Å². The van der Waals surface area contributed by atoms with E-state index in [1.165, 1.54) is 18.0 Å². The number of nitrogens with zero attached hydrogens (tertiary/aromatic N) is 5. The number of hydrogen-bond acceptors (Lipinski definition) is 11. The Bertz CT molecular complexity index is 1860. The lowest BCUT2D eigenvalue weighted by Crippen LogP contribution is -2.53. The highest BCUT2D eigenvalue weighted by molar-refractivity contribution is 8.00. The number of anilines is 2. The molecule has 1 unspecified atom stereocenters. The van der Waals surface area contributed by atoms with E-state index in [0.29, 0.717) is 66.5 Å². The summed E-state index contributed by atoms with van der Waals surface area (Å²) in [5, 5.41) is 5.93. The zero-order valence-corrected chi connectivity index (χ0v) is 34.1. The number of aldehydes is 2. The lowest BCUT2D eigenvalue weighted by atomic mass is 9.94. The van der Waals surface area contributed by atoms with Crippen LogP contribution in [-0.4, -0.2) is 141 Å². The van der Waals surface area contributed by atoms with Gasteiger partial charge in [0.05, 0.1) is 29.2 Å². The van der Waals surface area contributed by atoms with Crippen LogP contribution >= 0.6 is 11.8 Å². The smallest absolute Gasteiger partial charge is 0.255 e. The number of ether oxygens (including phenoxy) is 1. The second-order valence-electron chi connectivity index (χ2n) is 15.7. The molecule has 4 fully saturated rings. The molecule has 4 amide bonds. The highest BCUT2D eigenvalue weighted by atomic mass is 32.2. The van der Waals surface area contributed by atoms with Gasteiger partial charge in [0, 0.05) is 81.9 Å². The molecule has 0 bridgehead atoms. The normalized spacial score (nSPS) is 20.4. The third-order valence-corrected chi connectivity index (χ3v) is 13.3. The molecule has 1 atom stereocenters. The molecule has 2 aromatic carbocycles. The monoisotopic (exact) mass is 819 g/mol. The highest BCUT2D eigenvalue weighted by Gasteiger charge is 2.34. The molecule has 4 saturated heterocycles. The molecule has 6 rings (SSSR count). The maximum Gasteiger partial charge on any atom is 0.255 e. The standard InChI is InChI=1S/C42H54FN7O7S/c1-44-39(45-37-21-32(20-36(43)35(37)24-52)57-25-29-7-13-49(27-53)14-8-29)26-58-33-11-15-48(16-12-33)22-28-9-17-50(18-10-28)31-4-3-30(23-51)34(19-31)42(56)47(2)38-5-6-40(54)46-41(38)55/h3-4,19-21,23-24,27-29,33,38H,5-18,22,25-26H2,1-2H3,(H,44,45)(H,46,54,55). The molecule has 2 aromatic rings. The predicted octanol–water partition coefficient (Wildman–Crippen LogP) is 4.13. The molecule has 4 aliphatic rings. The third kappa shape index (κ3) is 10.8. The van der Waals surface area contributed by atoms with Crippen molar-refractivity contribution in [2.24, 2.45) is 16.8 Å². The van der Waals surface area contributed by atoms with E-state index in [0.717, 1.165) is 83.3 Å². The van der Waals surface area contributed by atoms with Crippen LogP contribution in [0.1, 0.15) is 82.4 Å². The Morgan fingerprint density at radius 1 is 0.966 bits per heavy atom. The van der Waals surface area contributed by atoms with Crippen molar-refractivity contribution in [3.8, 4) is 5.75 Å². The number of thioether (sulfide) groups is 1. The number of hydrogen-bond donors (Lipinski definition) is 2. The van der Waals surface area contributed by atoms with Gasteiger partial charge in [0.25, 0.3) is 5.91 Å². The van der Waals surface area contributed by atoms with Crippen LogP contribution in [0.4, 0.5) is 15.8 Å². The predicted molar refractivity (Wildman–Crippen MR) is 222 cm³/mol. The number of amides is 4. The van der Waals surface area contributed by atoms with Crippen molar-refractivity contribution in [2.75, 3.05) is 82.5 Å². The van der Waals surface area contributed by atoms with Gasteiger partial charge < -0.3 is 29.7 Å². The van der Waals surface area contributed by atoms with E-state index >= 15 is 0 Å². The molecule has 58 heavy (non-hydrogen) atoms. The minimum atomic E-state index is -0.775. The Kier molecular flexibility index (Phi) is 14.9. The van der Waals surface area contributed by atoms with Gasteiger partial charge in [-0.15, -0.1) is 0 Å². The van der Waals surface area contributed by atoms with Crippen LogP contribution in [0.3, 0.4) is 0 Å². The van der Waals surface area contributed by atoms with Gasteiger partial charge in [-0.1, -0.05) is 0 Å².